The summed E-state index contributed by atoms with van der Waals surface area (Å²) in [5, 5.41) is 0.431. The smallest absolute Gasteiger partial charge is 0.193 e. The molecule has 0 aliphatic rings. The van der Waals surface area contributed by atoms with E-state index in [9.17, 15) is 4.79 Å². The van der Waals surface area contributed by atoms with Crippen molar-refractivity contribution in [1.82, 2.24) is 0 Å². The minimum absolute atomic E-state index is 0.0612. The summed E-state index contributed by atoms with van der Waals surface area (Å²) in [5.74, 6) is 0.498. The first-order valence-corrected chi connectivity index (χ1v) is 6.84. The summed E-state index contributed by atoms with van der Waals surface area (Å²) in [6.45, 7) is 1.95. The van der Waals surface area contributed by atoms with Crippen LogP contribution in [-0.2, 0) is 0 Å². The Morgan fingerprint density at radius 1 is 1.16 bits per heavy atom. The van der Waals surface area contributed by atoms with Crippen molar-refractivity contribution in [1.29, 1.82) is 0 Å². The Kier molecular flexibility index (Phi) is 4.27. The molecule has 2 aromatic rings. The second-order valence-corrected chi connectivity index (χ2v) is 5.52. The van der Waals surface area contributed by atoms with E-state index in [1.807, 2.05) is 19.1 Å². The lowest BCUT2D eigenvalue weighted by Gasteiger charge is -2.07. The van der Waals surface area contributed by atoms with E-state index in [0.717, 1.165) is 10.0 Å². The summed E-state index contributed by atoms with van der Waals surface area (Å²) < 4.78 is 5.96. The largest absolute Gasteiger partial charge is 0.495 e. The second kappa shape index (κ2) is 5.76. The Morgan fingerprint density at radius 3 is 2.47 bits per heavy atom. The predicted octanol–water partition coefficient (Wildman–Crippen LogP) is 4.65. The van der Waals surface area contributed by atoms with Crippen LogP contribution in [0.2, 0.25) is 5.02 Å². The SMILES string of the molecule is COc1ccc(C(=O)c2cc(C)cc(Br)c2)cc1Cl. The highest BCUT2D eigenvalue weighted by molar-refractivity contribution is 9.10. The minimum Gasteiger partial charge on any atom is -0.495 e. The third-order valence-corrected chi connectivity index (χ3v) is 3.47. The maximum absolute atomic E-state index is 12.4. The minimum atomic E-state index is -0.0612. The molecular formula is C15H12BrClO2. The van der Waals surface area contributed by atoms with Crippen molar-refractivity contribution in [3.8, 4) is 5.75 Å². The monoisotopic (exact) mass is 338 g/mol. The van der Waals surface area contributed by atoms with E-state index in [4.69, 9.17) is 16.3 Å². The van der Waals surface area contributed by atoms with Crippen LogP contribution < -0.4 is 4.74 Å². The lowest BCUT2D eigenvalue weighted by molar-refractivity contribution is 0.103. The van der Waals surface area contributed by atoms with Crippen LogP contribution in [0.3, 0.4) is 0 Å². The van der Waals surface area contributed by atoms with Crippen LogP contribution >= 0.6 is 27.5 Å². The number of carbonyl (C=O) groups excluding carboxylic acids is 1. The maximum atomic E-state index is 12.4. The molecule has 0 atom stereocenters. The molecule has 19 heavy (non-hydrogen) atoms. The van der Waals surface area contributed by atoms with E-state index >= 15 is 0 Å². The molecule has 4 heteroatoms. The molecule has 2 rings (SSSR count). The van der Waals surface area contributed by atoms with E-state index in [1.54, 1.807) is 31.4 Å². The van der Waals surface area contributed by atoms with Crippen molar-refractivity contribution >= 4 is 33.3 Å². The first-order valence-electron chi connectivity index (χ1n) is 5.66. The molecule has 0 radical (unpaired) electrons. The lowest BCUT2D eigenvalue weighted by Crippen LogP contribution is -2.02. The molecule has 0 unspecified atom stereocenters. The van der Waals surface area contributed by atoms with Crippen molar-refractivity contribution in [2.75, 3.05) is 7.11 Å². The van der Waals surface area contributed by atoms with Gasteiger partial charge in [0.25, 0.3) is 0 Å². The summed E-state index contributed by atoms with van der Waals surface area (Å²) in [4.78, 5) is 12.4. The van der Waals surface area contributed by atoms with Crippen LogP contribution in [0, 0.1) is 6.92 Å². The van der Waals surface area contributed by atoms with E-state index in [0.29, 0.717) is 21.9 Å². The number of rotatable bonds is 3. The quantitative estimate of drug-likeness (QED) is 0.761. The summed E-state index contributed by atoms with van der Waals surface area (Å²) in [6, 6.07) is 10.6. The van der Waals surface area contributed by atoms with Crippen LogP contribution in [0.4, 0.5) is 0 Å². The van der Waals surface area contributed by atoms with Gasteiger partial charge >= 0.3 is 0 Å². The fraction of sp³-hybridized carbons (Fsp3) is 0.133. The molecule has 98 valence electrons. The van der Waals surface area contributed by atoms with Gasteiger partial charge in [-0.05, 0) is 48.9 Å². The van der Waals surface area contributed by atoms with Crippen molar-refractivity contribution in [2.24, 2.45) is 0 Å². The fourth-order valence-corrected chi connectivity index (χ4v) is 2.71. The van der Waals surface area contributed by atoms with Crippen LogP contribution in [0.1, 0.15) is 21.5 Å². The molecule has 0 aromatic heterocycles. The Labute approximate surface area is 125 Å². The molecule has 0 heterocycles. The average molecular weight is 340 g/mol. The average Bonchev–Trinajstić information content (AvgIpc) is 2.36. The molecule has 0 saturated heterocycles. The first-order chi connectivity index (χ1) is 9.01. The highest BCUT2D eigenvalue weighted by Crippen LogP contribution is 2.26. The number of hydrogen-bond donors (Lipinski definition) is 0. The highest BCUT2D eigenvalue weighted by atomic mass is 79.9. The number of methoxy groups -OCH3 is 1. The van der Waals surface area contributed by atoms with Gasteiger partial charge in [0.1, 0.15) is 5.75 Å². The Balaban J connectivity index is 2.41. The van der Waals surface area contributed by atoms with Gasteiger partial charge in [-0.15, -0.1) is 0 Å². The second-order valence-electron chi connectivity index (χ2n) is 4.20. The number of benzene rings is 2. The van der Waals surface area contributed by atoms with Gasteiger partial charge < -0.3 is 4.74 Å². The van der Waals surface area contributed by atoms with E-state index in [-0.39, 0.29) is 5.78 Å². The number of carbonyl (C=O) groups is 1. The standard InChI is InChI=1S/C15H12BrClO2/c1-9-5-11(7-12(16)6-9)15(18)10-3-4-14(19-2)13(17)8-10/h3-8H,1-2H3. The van der Waals surface area contributed by atoms with Gasteiger partial charge in [-0.25, -0.2) is 0 Å². The van der Waals surface area contributed by atoms with Gasteiger partial charge in [0.15, 0.2) is 5.78 Å². The molecule has 0 aliphatic heterocycles. The molecule has 0 fully saturated rings. The van der Waals surface area contributed by atoms with E-state index in [1.165, 1.54) is 0 Å². The summed E-state index contributed by atoms with van der Waals surface area (Å²) >= 11 is 9.43. The lowest BCUT2D eigenvalue weighted by atomic mass is 10.0. The van der Waals surface area contributed by atoms with Gasteiger partial charge in [0, 0.05) is 15.6 Å². The van der Waals surface area contributed by atoms with Crippen LogP contribution in [0.25, 0.3) is 0 Å². The normalized spacial score (nSPS) is 10.3. The number of hydrogen-bond acceptors (Lipinski definition) is 2. The third-order valence-electron chi connectivity index (χ3n) is 2.72. The predicted molar refractivity (Wildman–Crippen MR) is 80.3 cm³/mol. The van der Waals surface area contributed by atoms with Gasteiger partial charge in [0.05, 0.1) is 12.1 Å². The number of ether oxygens (including phenoxy) is 1. The summed E-state index contributed by atoms with van der Waals surface area (Å²) in [7, 11) is 1.54. The van der Waals surface area contributed by atoms with Crippen molar-refractivity contribution in [3.05, 3.63) is 62.6 Å². The highest BCUT2D eigenvalue weighted by Gasteiger charge is 2.12. The van der Waals surface area contributed by atoms with Crippen molar-refractivity contribution in [2.45, 2.75) is 6.92 Å². The number of ketones is 1. The molecule has 2 nitrogen and oxygen atoms in total. The molecule has 0 aliphatic carbocycles. The number of halogens is 2. The maximum Gasteiger partial charge on any atom is 0.193 e. The van der Waals surface area contributed by atoms with Gasteiger partial charge in [-0.1, -0.05) is 27.5 Å². The molecule has 0 bridgehead atoms. The Bertz CT molecular complexity index is 618. The van der Waals surface area contributed by atoms with Crippen LogP contribution in [0.5, 0.6) is 5.75 Å². The zero-order chi connectivity index (χ0) is 14.0. The topological polar surface area (TPSA) is 26.3 Å². The van der Waals surface area contributed by atoms with Gasteiger partial charge in [-0.2, -0.15) is 0 Å². The molecule has 0 spiro atoms. The summed E-state index contributed by atoms with van der Waals surface area (Å²) in [5.41, 5.74) is 2.20. The van der Waals surface area contributed by atoms with E-state index < -0.39 is 0 Å². The Hall–Kier alpha value is -1.32. The van der Waals surface area contributed by atoms with Crippen LogP contribution in [0.15, 0.2) is 40.9 Å². The molecular weight excluding hydrogens is 328 g/mol. The zero-order valence-electron chi connectivity index (χ0n) is 10.5. The molecule has 0 saturated carbocycles. The van der Waals surface area contributed by atoms with E-state index in [2.05, 4.69) is 15.9 Å². The zero-order valence-corrected chi connectivity index (χ0v) is 12.9. The van der Waals surface area contributed by atoms with Crippen LogP contribution in [-0.4, -0.2) is 12.9 Å². The van der Waals surface area contributed by atoms with Gasteiger partial charge in [-0.3, -0.25) is 4.79 Å². The van der Waals surface area contributed by atoms with Gasteiger partial charge in [0.2, 0.25) is 0 Å². The van der Waals surface area contributed by atoms with Crippen molar-refractivity contribution < 1.29 is 9.53 Å². The fourth-order valence-electron chi connectivity index (χ4n) is 1.84. The Morgan fingerprint density at radius 2 is 1.89 bits per heavy atom. The molecule has 0 amide bonds. The summed E-state index contributed by atoms with van der Waals surface area (Å²) in [6.07, 6.45) is 0. The third kappa shape index (κ3) is 3.17. The molecule has 2 aromatic carbocycles. The van der Waals surface area contributed by atoms with Crippen molar-refractivity contribution in [3.63, 3.8) is 0 Å². The number of aryl methyl sites for hydroxylation is 1. The molecule has 0 N–H and O–H groups in total. The first kappa shape index (κ1) is 14.1.